The lowest BCUT2D eigenvalue weighted by Crippen LogP contribution is -2.22. The van der Waals surface area contributed by atoms with Gasteiger partial charge in [0, 0.05) is 17.8 Å². The van der Waals surface area contributed by atoms with Crippen LogP contribution in [0.15, 0.2) is 0 Å². The van der Waals surface area contributed by atoms with E-state index in [1.165, 1.54) is 38.5 Å². The Kier molecular flexibility index (Phi) is 32.0. The molecule has 12 heteroatoms. The molecule has 0 rings (SSSR count). The van der Waals surface area contributed by atoms with Gasteiger partial charge in [-0.2, -0.15) is 0 Å². The van der Waals surface area contributed by atoms with E-state index in [2.05, 4.69) is 41.5 Å². The molecule has 0 aromatic rings. The van der Waals surface area contributed by atoms with E-state index in [4.69, 9.17) is 32.5 Å². The average Bonchev–Trinajstić information content (AvgIpc) is 2.89. The van der Waals surface area contributed by atoms with Crippen LogP contribution in [0.1, 0.15) is 133 Å². The van der Waals surface area contributed by atoms with E-state index >= 15 is 0 Å². The third kappa shape index (κ3) is 35.2. The molecule has 0 spiro atoms. The molecule has 0 aliphatic carbocycles. The highest BCUT2D eigenvalue weighted by Crippen LogP contribution is 2.17. The largest absolute Gasteiger partial charge is 0.481 e. The van der Waals surface area contributed by atoms with Gasteiger partial charge in [0.25, 0.3) is 0 Å². The molecule has 0 aromatic carbocycles. The fourth-order valence-electron chi connectivity index (χ4n) is 4.66. The van der Waals surface area contributed by atoms with Gasteiger partial charge in [-0.3, -0.25) is 28.8 Å². The summed E-state index contributed by atoms with van der Waals surface area (Å²) in [5.74, 6) is -3.90. The van der Waals surface area contributed by atoms with Crippen LogP contribution in [0.5, 0.6) is 0 Å². The zero-order valence-corrected chi connectivity index (χ0v) is 29.3. The van der Waals surface area contributed by atoms with Gasteiger partial charge in [0.2, 0.25) is 17.7 Å². The number of carboxylic acids is 3. The van der Waals surface area contributed by atoms with Crippen molar-refractivity contribution in [2.45, 2.75) is 133 Å². The maximum Gasteiger partial charge on any atom is 0.307 e. The van der Waals surface area contributed by atoms with Gasteiger partial charge in [-0.05, 0) is 37.0 Å². The van der Waals surface area contributed by atoms with E-state index in [1.54, 1.807) is 0 Å². The zero-order valence-electron chi connectivity index (χ0n) is 29.3. The van der Waals surface area contributed by atoms with E-state index in [1.807, 2.05) is 20.8 Å². The molecule has 0 saturated carbocycles. The number of aliphatic carboxylic acids is 3. The Balaban J connectivity index is -0.000000249. The molecule has 0 heterocycles. The summed E-state index contributed by atoms with van der Waals surface area (Å²) in [6.45, 7) is 18.7. The minimum Gasteiger partial charge on any atom is -0.481 e. The molecule has 0 saturated heterocycles. The second kappa shape index (κ2) is 29.5. The lowest BCUT2D eigenvalue weighted by Gasteiger charge is -2.13. The van der Waals surface area contributed by atoms with Crippen molar-refractivity contribution in [1.82, 2.24) is 0 Å². The number of carboxylic acid groups (broad SMARTS) is 3. The van der Waals surface area contributed by atoms with E-state index in [0.717, 1.165) is 19.3 Å². The first-order valence-electron chi connectivity index (χ1n) is 16.2. The molecule has 0 bridgehead atoms. The Morgan fingerprint density at radius 3 is 0.844 bits per heavy atom. The van der Waals surface area contributed by atoms with Crippen LogP contribution in [0, 0.1) is 41.4 Å². The van der Waals surface area contributed by atoms with Gasteiger partial charge in [0.1, 0.15) is 0 Å². The van der Waals surface area contributed by atoms with Gasteiger partial charge >= 0.3 is 17.9 Å². The van der Waals surface area contributed by atoms with Crippen LogP contribution in [0.3, 0.4) is 0 Å². The average molecular weight is 648 g/mol. The van der Waals surface area contributed by atoms with Crippen molar-refractivity contribution in [2.24, 2.45) is 58.6 Å². The molecule has 45 heavy (non-hydrogen) atoms. The van der Waals surface area contributed by atoms with E-state index < -0.39 is 36.7 Å². The molecular weight excluding hydrogens is 582 g/mol. The van der Waals surface area contributed by atoms with E-state index in [9.17, 15) is 28.8 Å². The van der Waals surface area contributed by atoms with Crippen LogP contribution in [0.25, 0.3) is 0 Å². The number of nitrogens with two attached hydrogens (primary N) is 3. The van der Waals surface area contributed by atoms with Gasteiger partial charge in [0.15, 0.2) is 0 Å². The normalized spacial score (nSPS) is 14.3. The van der Waals surface area contributed by atoms with E-state index in [-0.39, 0.29) is 35.5 Å². The van der Waals surface area contributed by atoms with Crippen molar-refractivity contribution < 1.29 is 44.1 Å². The lowest BCUT2D eigenvalue weighted by atomic mass is 9.93. The SMILES string of the molecule is CCCC(C)CC(C)C(N)=O.CCCC(C)CC(C)C(N)=O.CCCC(C)CC(C)C(N)=O.O=C(O)CC(CC(=O)O)C(=O)O. The number of primary amides is 3. The van der Waals surface area contributed by atoms with Gasteiger partial charge in [-0.25, -0.2) is 0 Å². The van der Waals surface area contributed by atoms with Crippen LogP contribution in [0.2, 0.25) is 0 Å². The van der Waals surface area contributed by atoms with Crippen LogP contribution in [-0.4, -0.2) is 50.9 Å². The van der Waals surface area contributed by atoms with Crippen LogP contribution >= 0.6 is 0 Å². The van der Waals surface area contributed by atoms with Crippen LogP contribution in [0.4, 0.5) is 0 Å². The van der Waals surface area contributed by atoms with Crippen molar-refractivity contribution in [3.05, 3.63) is 0 Å². The second-order valence-electron chi connectivity index (χ2n) is 12.5. The Morgan fingerprint density at radius 2 is 0.711 bits per heavy atom. The molecular formula is C33H65N3O9. The summed E-state index contributed by atoms with van der Waals surface area (Å²) in [5, 5.41) is 24.7. The molecule has 0 fully saturated rings. The third-order valence-corrected chi connectivity index (χ3v) is 7.26. The van der Waals surface area contributed by atoms with Gasteiger partial charge in [-0.1, -0.05) is 101 Å². The highest BCUT2D eigenvalue weighted by Gasteiger charge is 2.23. The molecule has 0 radical (unpaired) electrons. The summed E-state index contributed by atoms with van der Waals surface area (Å²) in [6.07, 6.45) is 8.61. The fourth-order valence-corrected chi connectivity index (χ4v) is 4.66. The second-order valence-corrected chi connectivity index (χ2v) is 12.5. The first kappa shape index (κ1) is 48.7. The van der Waals surface area contributed by atoms with Crippen LogP contribution in [-0.2, 0) is 28.8 Å². The molecule has 3 amide bonds. The number of amides is 3. The summed E-state index contributed by atoms with van der Waals surface area (Å²) in [7, 11) is 0. The highest BCUT2D eigenvalue weighted by atomic mass is 16.4. The molecule has 6 atom stereocenters. The summed E-state index contributed by atoms with van der Waals surface area (Å²) >= 11 is 0. The minimum absolute atomic E-state index is 0.0385. The summed E-state index contributed by atoms with van der Waals surface area (Å²) in [4.78, 5) is 62.3. The van der Waals surface area contributed by atoms with Crippen molar-refractivity contribution in [3.8, 4) is 0 Å². The Bertz CT molecular complexity index is 764. The van der Waals surface area contributed by atoms with Crippen LogP contribution < -0.4 is 17.2 Å². The smallest absolute Gasteiger partial charge is 0.307 e. The molecule has 9 N–H and O–H groups in total. The Hall–Kier alpha value is -3.18. The monoisotopic (exact) mass is 647 g/mol. The molecule has 6 unspecified atom stereocenters. The van der Waals surface area contributed by atoms with Crippen molar-refractivity contribution in [3.63, 3.8) is 0 Å². The minimum atomic E-state index is -1.40. The number of carbonyl (C=O) groups is 6. The molecule has 0 aromatic heterocycles. The predicted octanol–water partition coefficient (Wildman–Crippen LogP) is 5.44. The summed E-state index contributed by atoms with van der Waals surface area (Å²) in [6, 6.07) is 0. The van der Waals surface area contributed by atoms with Crippen molar-refractivity contribution >= 4 is 35.6 Å². The number of rotatable bonds is 20. The molecule has 0 aliphatic heterocycles. The highest BCUT2D eigenvalue weighted by molar-refractivity contribution is 5.82. The predicted molar refractivity (Wildman–Crippen MR) is 177 cm³/mol. The Morgan fingerprint density at radius 1 is 0.489 bits per heavy atom. The van der Waals surface area contributed by atoms with Crippen molar-refractivity contribution in [2.75, 3.05) is 0 Å². The first-order valence-corrected chi connectivity index (χ1v) is 16.2. The quantitative estimate of drug-likeness (QED) is 0.0984. The Labute approximate surface area is 271 Å². The topological polar surface area (TPSA) is 241 Å². The molecule has 12 nitrogen and oxygen atoms in total. The third-order valence-electron chi connectivity index (χ3n) is 7.26. The maximum atomic E-state index is 10.7. The van der Waals surface area contributed by atoms with Crippen molar-refractivity contribution in [1.29, 1.82) is 0 Å². The fraction of sp³-hybridized carbons (Fsp3) is 0.818. The standard InChI is InChI=1S/3C9H19NO.C6H8O6/c3*1-4-5-7(2)6-8(3)9(10)11;7-4(8)1-3(6(11)12)2-5(9)10/h3*7-8H,4-6H2,1-3H3,(H2,10,11);3H,1-2H2,(H,7,8)(H,9,10)(H,11,12). The lowest BCUT2D eigenvalue weighted by molar-refractivity contribution is -0.152. The zero-order chi connectivity index (χ0) is 36.3. The number of hydrogen-bond acceptors (Lipinski definition) is 6. The molecule has 0 aliphatic rings. The van der Waals surface area contributed by atoms with E-state index in [0.29, 0.717) is 17.8 Å². The van der Waals surface area contributed by atoms with Gasteiger partial charge in [0.05, 0.1) is 18.8 Å². The van der Waals surface area contributed by atoms with Gasteiger partial charge in [-0.15, -0.1) is 0 Å². The number of carbonyl (C=O) groups excluding carboxylic acids is 3. The summed E-state index contributed by atoms with van der Waals surface area (Å²) in [5.41, 5.74) is 15.4. The molecule has 266 valence electrons. The number of hydrogen-bond donors (Lipinski definition) is 6. The van der Waals surface area contributed by atoms with Gasteiger partial charge < -0.3 is 32.5 Å². The summed E-state index contributed by atoms with van der Waals surface area (Å²) < 4.78 is 0. The maximum absolute atomic E-state index is 10.7. The first-order chi connectivity index (χ1) is 20.7.